The van der Waals surface area contributed by atoms with E-state index in [9.17, 15) is 9.59 Å². The number of hydrogen-bond acceptors (Lipinski definition) is 8. The van der Waals surface area contributed by atoms with Crippen LogP contribution in [0.4, 0.5) is 0 Å². The molecule has 0 aliphatic heterocycles. The highest BCUT2D eigenvalue weighted by molar-refractivity contribution is 6.08. The molecule has 0 amide bonds. The topological polar surface area (TPSA) is 98.4 Å². The van der Waals surface area contributed by atoms with Gasteiger partial charge in [-0.05, 0) is 63.9 Å². The number of ether oxygens (including phenoxy) is 5. The smallest absolute Gasteiger partial charge is 0.361 e. The molecule has 38 heavy (non-hydrogen) atoms. The van der Waals surface area contributed by atoms with Gasteiger partial charge in [0, 0.05) is 23.4 Å². The summed E-state index contributed by atoms with van der Waals surface area (Å²) >= 11 is 0. The maximum absolute atomic E-state index is 13.2. The van der Waals surface area contributed by atoms with E-state index >= 15 is 0 Å². The van der Waals surface area contributed by atoms with Crippen molar-refractivity contribution in [2.75, 3.05) is 21.3 Å². The van der Waals surface area contributed by atoms with Crippen LogP contribution >= 0.6 is 0 Å². The first-order valence-corrected chi connectivity index (χ1v) is 12.4. The third kappa shape index (κ3) is 5.27. The summed E-state index contributed by atoms with van der Waals surface area (Å²) in [5.41, 5.74) is 1.22. The first-order chi connectivity index (χ1) is 18.2. The first kappa shape index (κ1) is 26.9. The van der Waals surface area contributed by atoms with Crippen LogP contribution in [-0.2, 0) is 17.7 Å². The molecule has 202 valence electrons. The summed E-state index contributed by atoms with van der Waals surface area (Å²) in [4.78, 5) is 26.0. The highest BCUT2D eigenvalue weighted by atomic mass is 16.5. The second-order valence-electron chi connectivity index (χ2n) is 9.39. The molecule has 0 radical (unpaired) electrons. The number of aromatic nitrogens is 1. The number of hydrogen-bond donors (Lipinski definition) is 0. The molecule has 0 aliphatic rings. The second kappa shape index (κ2) is 11.1. The van der Waals surface area contributed by atoms with Crippen molar-refractivity contribution in [3.05, 3.63) is 58.1 Å². The number of carbonyl (C=O) groups excluding carboxylic acids is 1. The minimum absolute atomic E-state index is 0.0279. The van der Waals surface area contributed by atoms with Crippen LogP contribution < -0.4 is 24.6 Å². The Hall–Kier alpha value is -4.14. The van der Waals surface area contributed by atoms with E-state index in [0.29, 0.717) is 52.3 Å². The Morgan fingerprint density at radius 1 is 0.842 bits per heavy atom. The van der Waals surface area contributed by atoms with E-state index in [1.54, 1.807) is 37.0 Å². The number of esters is 1. The molecule has 2 aromatic heterocycles. The fourth-order valence-corrected chi connectivity index (χ4v) is 4.43. The van der Waals surface area contributed by atoms with Gasteiger partial charge in [-0.3, -0.25) is 0 Å². The molecule has 0 N–H and O–H groups in total. The van der Waals surface area contributed by atoms with Gasteiger partial charge in [-0.1, -0.05) is 6.07 Å². The third-order valence-corrected chi connectivity index (χ3v) is 6.02. The van der Waals surface area contributed by atoms with Crippen LogP contribution in [0, 0.1) is 0 Å². The van der Waals surface area contributed by atoms with Crippen molar-refractivity contribution >= 4 is 27.8 Å². The molecule has 0 atom stereocenters. The summed E-state index contributed by atoms with van der Waals surface area (Å²) in [5, 5.41) is 1.18. The molecular weight excluding hydrogens is 490 g/mol. The predicted octanol–water partition coefficient (Wildman–Crippen LogP) is 5.37. The number of benzene rings is 2. The van der Waals surface area contributed by atoms with Crippen molar-refractivity contribution in [1.82, 2.24) is 4.57 Å². The van der Waals surface area contributed by atoms with Crippen LogP contribution in [0.15, 0.2) is 45.6 Å². The molecule has 0 saturated carbocycles. The number of aryl methyl sites for hydroxylation is 2. The van der Waals surface area contributed by atoms with Crippen molar-refractivity contribution in [3.63, 3.8) is 0 Å². The first-order valence-electron chi connectivity index (χ1n) is 12.4. The molecule has 4 aromatic rings. The zero-order chi connectivity index (χ0) is 27.6. The average molecular weight is 524 g/mol. The molecule has 0 saturated heterocycles. The SMILES string of the molecule is COC(=O)c1cc2c3cc(OC)c(OC(C)C)cc3oc(=O)c2n1CCc1ccc(OC)c(OC(C)C)c1. The van der Waals surface area contributed by atoms with Gasteiger partial charge in [-0.15, -0.1) is 0 Å². The Balaban J connectivity index is 1.83. The van der Waals surface area contributed by atoms with E-state index in [0.717, 1.165) is 5.56 Å². The normalized spacial score (nSPS) is 11.4. The number of rotatable bonds is 10. The summed E-state index contributed by atoms with van der Waals surface area (Å²) in [6.07, 6.45) is 0.377. The molecule has 9 heteroatoms. The van der Waals surface area contributed by atoms with Crippen molar-refractivity contribution in [2.45, 2.75) is 52.9 Å². The molecule has 2 heterocycles. The quantitative estimate of drug-likeness (QED) is 0.202. The van der Waals surface area contributed by atoms with Crippen LogP contribution in [-0.4, -0.2) is 44.1 Å². The number of fused-ring (bicyclic) bond motifs is 3. The van der Waals surface area contributed by atoms with Gasteiger partial charge >= 0.3 is 11.6 Å². The number of methoxy groups -OCH3 is 3. The molecule has 0 aliphatic carbocycles. The van der Waals surface area contributed by atoms with Crippen LogP contribution in [0.3, 0.4) is 0 Å². The van der Waals surface area contributed by atoms with Crippen molar-refractivity contribution < 1.29 is 32.9 Å². The minimum atomic E-state index is -0.568. The van der Waals surface area contributed by atoms with Gasteiger partial charge in [0.15, 0.2) is 23.0 Å². The Bertz CT molecular complexity index is 1530. The van der Waals surface area contributed by atoms with E-state index in [2.05, 4.69) is 0 Å². The third-order valence-electron chi connectivity index (χ3n) is 6.02. The lowest BCUT2D eigenvalue weighted by Gasteiger charge is -2.15. The Labute approximate surface area is 220 Å². The minimum Gasteiger partial charge on any atom is -0.493 e. The molecule has 0 bridgehead atoms. The summed E-state index contributed by atoms with van der Waals surface area (Å²) < 4.78 is 35.1. The van der Waals surface area contributed by atoms with Crippen LogP contribution in [0.1, 0.15) is 43.7 Å². The van der Waals surface area contributed by atoms with E-state index < -0.39 is 11.6 Å². The highest BCUT2D eigenvalue weighted by Crippen LogP contribution is 2.37. The van der Waals surface area contributed by atoms with Crippen LogP contribution in [0.25, 0.3) is 21.9 Å². The molecule has 0 spiro atoms. The van der Waals surface area contributed by atoms with Gasteiger partial charge in [0.05, 0.1) is 33.5 Å². The molecule has 9 nitrogen and oxygen atoms in total. The summed E-state index contributed by atoms with van der Waals surface area (Å²) in [6, 6.07) is 10.7. The lowest BCUT2D eigenvalue weighted by Crippen LogP contribution is -2.15. The van der Waals surface area contributed by atoms with Gasteiger partial charge in [0.1, 0.15) is 16.8 Å². The maximum atomic E-state index is 13.2. The van der Waals surface area contributed by atoms with Crippen LogP contribution in [0.2, 0.25) is 0 Å². The van der Waals surface area contributed by atoms with E-state index in [1.165, 1.54) is 7.11 Å². The van der Waals surface area contributed by atoms with Gasteiger partial charge in [-0.2, -0.15) is 0 Å². The fraction of sp³-hybridized carbons (Fsp3) is 0.379. The fourth-order valence-electron chi connectivity index (χ4n) is 4.43. The zero-order valence-corrected chi connectivity index (χ0v) is 22.7. The lowest BCUT2D eigenvalue weighted by atomic mass is 10.1. The standard InChI is InChI=1S/C29H33NO8/c1-16(2)36-25-12-18(8-9-22(25)33-5)10-11-30-21(28(31)35-7)13-20-19-14-24(34-6)26(37-17(3)4)15-23(19)38-29(32)27(20)30/h8-9,12-17H,10-11H2,1-7H3. The van der Waals surface area contributed by atoms with Crippen molar-refractivity contribution in [1.29, 1.82) is 0 Å². The van der Waals surface area contributed by atoms with Crippen LogP contribution in [0.5, 0.6) is 23.0 Å². The van der Waals surface area contributed by atoms with Crippen molar-refractivity contribution in [3.8, 4) is 23.0 Å². The zero-order valence-electron chi connectivity index (χ0n) is 22.7. The van der Waals surface area contributed by atoms with E-state index in [1.807, 2.05) is 45.9 Å². The van der Waals surface area contributed by atoms with Gasteiger partial charge in [0.2, 0.25) is 0 Å². The predicted molar refractivity (Wildman–Crippen MR) is 144 cm³/mol. The van der Waals surface area contributed by atoms with Gasteiger partial charge < -0.3 is 32.7 Å². The average Bonchev–Trinajstić information content (AvgIpc) is 3.26. The highest BCUT2D eigenvalue weighted by Gasteiger charge is 2.23. The van der Waals surface area contributed by atoms with E-state index in [-0.39, 0.29) is 23.4 Å². The lowest BCUT2D eigenvalue weighted by molar-refractivity contribution is 0.0589. The molecule has 4 rings (SSSR count). The van der Waals surface area contributed by atoms with E-state index in [4.69, 9.17) is 28.1 Å². The number of nitrogens with zero attached hydrogens (tertiary/aromatic N) is 1. The Kier molecular flexibility index (Phi) is 7.85. The Morgan fingerprint density at radius 3 is 2.11 bits per heavy atom. The molecular formula is C29H33NO8. The largest absolute Gasteiger partial charge is 0.493 e. The van der Waals surface area contributed by atoms with Gasteiger partial charge in [-0.25, -0.2) is 9.59 Å². The second-order valence-corrected chi connectivity index (χ2v) is 9.39. The molecule has 0 unspecified atom stereocenters. The number of carbonyl (C=O) groups is 1. The molecule has 0 fully saturated rings. The summed E-state index contributed by atoms with van der Waals surface area (Å²) in [5.74, 6) is 1.65. The monoisotopic (exact) mass is 523 g/mol. The summed E-state index contributed by atoms with van der Waals surface area (Å²) in [7, 11) is 4.44. The molecule has 2 aromatic carbocycles. The Morgan fingerprint density at radius 2 is 1.50 bits per heavy atom. The summed E-state index contributed by atoms with van der Waals surface area (Å²) in [6.45, 7) is 8.00. The van der Waals surface area contributed by atoms with Crippen molar-refractivity contribution in [2.24, 2.45) is 0 Å². The maximum Gasteiger partial charge on any atom is 0.361 e. The van der Waals surface area contributed by atoms with Gasteiger partial charge in [0.25, 0.3) is 0 Å².